The molecule has 78 valence electrons. The van der Waals surface area contributed by atoms with Crippen molar-refractivity contribution in [2.24, 2.45) is 0 Å². The summed E-state index contributed by atoms with van der Waals surface area (Å²) in [5, 5.41) is 0. The van der Waals surface area contributed by atoms with E-state index in [9.17, 15) is 0 Å². The largest absolute Gasteiger partial charge is 0.437 e. The number of aromatic nitrogens is 2. The molecule has 0 bridgehead atoms. The van der Waals surface area contributed by atoms with Crippen molar-refractivity contribution >= 4 is 5.65 Å². The summed E-state index contributed by atoms with van der Waals surface area (Å²) in [6.07, 6.45) is 3.81. The zero-order chi connectivity index (χ0) is 10.8. The lowest BCUT2D eigenvalue weighted by atomic mass is 10.3. The third-order valence-electron chi connectivity index (χ3n) is 2.31. The second-order valence-electron chi connectivity index (χ2n) is 3.46. The molecule has 0 unspecified atom stereocenters. The first-order chi connectivity index (χ1) is 7.92. The molecule has 0 saturated heterocycles. The highest BCUT2D eigenvalue weighted by atomic mass is 16.5. The van der Waals surface area contributed by atoms with Gasteiger partial charge < -0.3 is 9.14 Å². The van der Waals surface area contributed by atoms with E-state index < -0.39 is 0 Å². The maximum Gasteiger partial charge on any atom is 0.238 e. The van der Waals surface area contributed by atoms with E-state index in [1.807, 2.05) is 65.3 Å². The van der Waals surface area contributed by atoms with Gasteiger partial charge in [0.15, 0.2) is 0 Å². The van der Waals surface area contributed by atoms with Crippen molar-refractivity contribution in [1.82, 2.24) is 9.38 Å². The summed E-state index contributed by atoms with van der Waals surface area (Å²) in [7, 11) is 0. The molecular weight excluding hydrogens is 200 g/mol. The number of hydrogen-bond acceptors (Lipinski definition) is 2. The molecule has 0 aliphatic heterocycles. The Balaban J connectivity index is 1.95. The number of imidazole rings is 1. The summed E-state index contributed by atoms with van der Waals surface area (Å²) in [6, 6.07) is 15.5. The van der Waals surface area contributed by atoms with Crippen LogP contribution in [0.4, 0.5) is 0 Å². The molecule has 0 aliphatic rings. The zero-order valence-electron chi connectivity index (χ0n) is 8.58. The quantitative estimate of drug-likeness (QED) is 0.649. The molecule has 2 heterocycles. The minimum absolute atomic E-state index is 0.609. The maximum atomic E-state index is 5.63. The van der Waals surface area contributed by atoms with Gasteiger partial charge in [0.2, 0.25) is 5.88 Å². The smallest absolute Gasteiger partial charge is 0.238 e. The van der Waals surface area contributed by atoms with E-state index in [1.54, 1.807) is 0 Å². The normalized spacial score (nSPS) is 10.5. The molecule has 0 radical (unpaired) electrons. The van der Waals surface area contributed by atoms with Crippen LogP contribution in [0.15, 0.2) is 60.9 Å². The maximum absolute atomic E-state index is 5.63. The Hall–Kier alpha value is -2.29. The van der Waals surface area contributed by atoms with Crippen LogP contribution in [0.2, 0.25) is 0 Å². The number of fused-ring (bicyclic) bond motifs is 1. The van der Waals surface area contributed by atoms with E-state index in [-0.39, 0.29) is 0 Å². The van der Waals surface area contributed by atoms with Gasteiger partial charge in [0.1, 0.15) is 11.4 Å². The van der Waals surface area contributed by atoms with Crippen LogP contribution < -0.4 is 4.74 Å². The molecule has 0 spiro atoms. The van der Waals surface area contributed by atoms with Gasteiger partial charge in [0.05, 0.1) is 6.20 Å². The number of benzene rings is 1. The number of rotatable bonds is 2. The molecule has 0 fully saturated rings. The Morgan fingerprint density at radius 1 is 0.938 bits per heavy atom. The Bertz CT molecular complexity index is 568. The molecule has 3 aromatic rings. The molecule has 0 amide bonds. The number of nitrogens with zero attached hydrogens (tertiary/aromatic N) is 2. The van der Waals surface area contributed by atoms with Crippen LogP contribution in [-0.4, -0.2) is 9.38 Å². The molecule has 0 N–H and O–H groups in total. The van der Waals surface area contributed by atoms with Gasteiger partial charge in [-0.05, 0) is 24.3 Å². The van der Waals surface area contributed by atoms with Crippen LogP contribution >= 0.6 is 0 Å². The highest BCUT2D eigenvalue weighted by molar-refractivity contribution is 5.42. The fourth-order valence-corrected chi connectivity index (χ4v) is 1.57. The van der Waals surface area contributed by atoms with Gasteiger partial charge in [-0.1, -0.05) is 24.3 Å². The van der Waals surface area contributed by atoms with Gasteiger partial charge in [0.25, 0.3) is 0 Å². The topological polar surface area (TPSA) is 26.5 Å². The third kappa shape index (κ3) is 1.63. The summed E-state index contributed by atoms with van der Waals surface area (Å²) in [6.45, 7) is 0. The summed E-state index contributed by atoms with van der Waals surface area (Å²) < 4.78 is 7.56. The fourth-order valence-electron chi connectivity index (χ4n) is 1.57. The van der Waals surface area contributed by atoms with Crippen molar-refractivity contribution in [2.75, 3.05) is 0 Å². The highest BCUT2D eigenvalue weighted by Crippen LogP contribution is 2.19. The molecule has 3 heteroatoms. The lowest BCUT2D eigenvalue weighted by Gasteiger charge is -1.99. The van der Waals surface area contributed by atoms with Crippen LogP contribution in [0.25, 0.3) is 5.65 Å². The molecule has 0 aliphatic carbocycles. The van der Waals surface area contributed by atoms with Crippen LogP contribution in [0.3, 0.4) is 0 Å². The average Bonchev–Trinajstić information content (AvgIpc) is 2.72. The standard InChI is InChI=1S/C13H10N2O/c1-2-6-11(7-3-1)16-13-10-15-9-5-4-8-12(15)14-13/h1-10H. The fraction of sp³-hybridized carbons (Fsp3) is 0. The summed E-state index contributed by atoms with van der Waals surface area (Å²) in [5.41, 5.74) is 0.883. The van der Waals surface area contributed by atoms with Crippen LogP contribution in [-0.2, 0) is 0 Å². The van der Waals surface area contributed by atoms with E-state index in [0.717, 1.165) is 11.4 Å². The summed E-state index contributed by atoms with van der Waals surface area (Å²) in [5.74, 6) is 1.41. The molecule has 16 heavy (non-hydrogen) atoms. The number of para-hydroxylation sites is 1. The van der Waals surface area contributed by atoms with Gasteiger partial charge in [-0.15, -0.1) is 0 Å². The van der Waals surface area contributed by atoms with Gasteiger partial charge in [-0.25, -0.2) is 0 Å². The van der Waals surface area contributed by atoms with Crippen molar-refractivity contribution in [3.63, 3.8) is 0 Å². The van der Waals surface area contributed by atoms with Crippen molar-refractivity contribution in [1.29, 1.82) is 0 Å². The summed E-state index contributed by atoms with van der Waals surface area (Å²) in [4.78, 5) is 4.35. The first-order valence-electron chi connectivity index (χ1n) is 5.08. The van der Waals surface area contributed by atoms with Crippen molar-refractivity contribution in [3.05, 3.63) is 60.9 Å². The first-order valence-corrected chi connectivity index (χ1v) is 5.08. The predicted molar refractivity (Wildman–Crippen MR) is 61.7 cm³/mol. The molecule has 0 atom stereocenters. The predicted octanol–water partition coefficient (Wildman–Crippen LogP) is 3.13. The van der Waals surface area contributed by atoms with Crippen molar-refractivity contribution < 1.29 is 4.74 Å². The monoisotopic (exact) mass is 210 g/mol. The summed E-state index contributed by atoms with van der Waals surface area (Å²) >= 11 is 0. The number of hydrogen-bond donors (Lipinski definition) is 0. The van der Waals surface area contributed by atoms with Crippen LogP contribution in [0, 0.1) is 0 Å². The molecule has 3 rings (SSSR count). The van der Waals surface area contributed by atoms with Crippen LogP contribution in [0.5, 0.6) is 11.6 Å². The van der Waals surface area contributed by atoms with E-state index in [1.165, 1.54) is 0 Å². The second-order valence-corrected chi connectivity index (χ2v) is 3.46. The Labute approximate surface area is 92.9 Å². The van der Waals surface area contributed by atoms with Gasteiger partial charge in [-0.2, -0.15) is 4.98 Å². The average molecular weight is 210 g/mol. The van der Waals surface area contributed by atoms with E-state index >= 15 is 0 Å². The van der Waals surface area contributed by atoms with Crippen LogP contribution in [0.1, 0.15) is 0 Å². The minimum atomic E-state index is 0.609. The third-order valence-corrected chi connectivity index (χ3v) is 2.31. The Morgan fingerprint density at radius 2 is 1.75 bits per heavy atom. The van der Waals surface area contributed by atoms with E-state index in [4.69, 9.17) is 4.74 Å². The Kier molecular flexibility index (Phi) is 2.07. The molecule has 1 aromatic carbocycles. The molecule has 0 saturated carbocycles. The van der Waals surface area contributed by atoms with E-state index in [2.05, 4.69) is 4.98 Å². The highest BCUT2D eigenvalue weighted by Gasteiger charge is 2.02. The molecule has 2 aromatic heterocycles. The van der Waals surface area contributed by atoms with Crippen molar-refractivity contribution in [3.8, 4) is 11.6 Å². The molecular formula is C13H10N2O. The van der Waals surface area contributed by atoms with E-state index in [0.29, 0.717) is 5.88 Å². The van der Waals surface area contributed by atoms with Gasteiger partial charge >= 0.3 is 0 Å². The van der Waals surface area contributed by atoms with Gasteiger partial charge in [-0.3, -0.25) is 0 Å². The zero-order valence-corrected chi connectivity index (χ0v) is 8.58. The SMILES string of the molecule is c1ccc(Oc2cn3ccccc3n2)cc1. The minimum Gasteiger partial charge on any atom is -0.437 e. The number of pyridine rings is 1. The lowest BCUT2D eigenvalue weighted by Crippen LogP contribution is -1.82. The number of ether oxygens (including phenoxy) is 1. The molecule has 3 nitrogen and oxygen atoms in total. The van der Waals surface area contributed by atoms with Crippen molar-refractivity contribution in [2.45, 2.75) is 0 Å². The lowest BCUT2D eigenvalue weighted by molar-refractivity contribution is 0.466. The van der Waals surface area contributed by atoms with Gasteiger partial charge in [0, 0.05) is 6.20 Å². The first kappa shape index (κ1) is 8.97. The Morgan fingerprint density at radius 3 is 2.56 bits per heavy atom. The second kappa shape index (κ2) is 3.70.